The zero-order valence-corrected chi connectivity index (χ0v) is 6.56. The molecule has 2 nitrogen and oxygen atoms in total. The van der Waals surface area contributed by atoms with Crippen molar-refractivity contribution in [3.63, 3.8) is 0 Å². The first-order chi connectivity index (χ1) is 4.18. The molecule has 0 aromatic heterocycles. The van der Waals surface area contributed by atoms with E-state index in [9.17, 15) is 0 Å². The first kappa shape index (κ1) is 9.21. The standard InChI is InChI=1S/C6H13ClO2/c1-5(7)6(2)9-4-3-8/h5-6,8H,3-4H2,1-2H3. The first-order valence-corrected chi connectivity index (χ1v) is 3.48. The third-order valence-corrected chi connectivity index (χ3v) is 1.47. The summed E-state index contributed by atoms with van der Waals surface area (Å²) in [5.41, 5.74) is 0. The molecule has 56 valence electrons. The van der Waals surface area contributed by atoms with Crippen molar-refractivity contribution < 1.29 is 9.84 Å². The van der Waals surface area contributed by atoms with Crippen molar-refractivity contribution in [1.29, 1.82) is 0 Å². The Labute approximate surface area is 60.8 Å². The number of rotatable bonds is 4. The lowest BCUT2D eigenvalue weighted by atomic mass is 10.3. The maximum atomic E-state index is 8.33. The lowest BCUT2D eigenvalue weighted by molar-refractivity contribution is 0.0393. The van der Waals surface area contributed by atoms with Crippen molar-refractivity contribution in [3.8, 4) is 0 Å². The van der Waals surface area contributed by atoms with Crippen LogP contribution in [0.5, 0.6) is 0 Å². The molecule has 0 radical (unpaired) electrons. The summed E-state index contributed by atoms with van der Waals surface area (Å²) < 4.78 is 5.07. The van der Waals surface area contributed by atoms with Crippen LogP contribution in [0.15, 0.2) is 0 Å². The van der Waals surface area contributed by atoms with E-state index in [1.165, 1.54) is 0 Å². The molecule has 0 rings (SSSR count). The predicted molar refractivity (Wildman–Crippen MR) is 37.8 cm³/mol. The second kappa shape index (κ2) is 5.03. The molecule has 0 aromatic rings. The van der Waals surface area contributed by atoms with Gasteiger partial charge >= 0.3 is 0 Å². The number of aliphatic hydroxyl groups excluding tert-OH is 1. The topological polar surface area (TPSA) is 29.5 Å². The Hall–Kier alpha value is 0.210. The molecule has 9 heavy (non-hydrogen) atoms. The van der Waals surface area contributed by atoms with E-state index >= 15 is 0 Å². The van der Waals surface area contributed by atoms with E-state index in [0.717, 1.165) is 0 Å². The minimum Gasteiger partial charge on any atom is -0.394 e. The molecule has 0 aliphatic carbocycles. The number of aliphatic hydroxyl groups is 1. The summed E-state index contributed by atoms with van der Waals surface area (Å²) >= 11 is 5.66. The van der Waals surface area contributed by atoms with Gasteiger partial charge in [0.25, 0.3) is 0 Å². The first-order valence-electron chi connectivity index (χ1n) is 3.05. The van der Waals surface area contributed by atoms with Crippen molar-refractivity contribution in [2.45, 2.75) is 25.3 Å². The van der Waals surface area contributed by atoms with E-state index in [4.69, 9.17) is 21.4 Å². The summed E-state index contributed by atoms with van der Waals surface area (Å²) in [6, 6.07) is 0. The van der Waals surface area contributed by atoms with Crippen LogP contribution in [-0.4, -0.2) is 29.8 Å². The predicted octanol–water partition coefficient (Wildman–Crippen LogP) is 1.01. The highest BCUT2D eigenvalue weighted by molar-refractivity contribution is 6.20. The summed E-state index contributed by atoms with van der Waals surface area (Å²) in [6.45, 7) is 4.18. The second-order valence-corrected chi connectivity index (χ2v) is 2.67. The molecule has 0 aliphatic heterocycles. The van der Waals surface area contributed by atoms with Crippen molar-refractivity contribution in [2.24, 2.45) is 0 Å². The van der Waals surface area contributed by atoms with Gasteiger partial charge in [0.1, 0.15) is 0 Å². The number of halogens is 1. The number of alkyl halides is 1. The van der Waals surface area contributed by atoms with Crippen molar-refractivity contribution in [3.05, 3.63) is 0 Å². The highest BCUT2D eigenvalue weighted by Gasteiger charge is 2.07. The van der Waals surface area contributed by atoms with Gasteiger partial charge < -0.3 is 9.84 Å². The molecule has 0 amide bonds. The van der Waals surface area contributed by atoms with E-state index in [0.29, 0.717) is 6.61 Å². The third kappa shape index (κ3) is 4.70. The highest BCUT2D eigenvalue weighted by Crippen LogP contribution is 2.03. The second-order valence-electron chi connectivity index (χ2n) is 1.98. The Morgan fingerprint density at radius 2 is 2.11 bits per heavy atom. The molecule has 0 heterocycles. The molecule has 0 aromatic carbocycles. The maximum Gasteiger partial charge on any atom is 0.0708 e. The van der Waals surface area contributed by atoms with Crippen LogP contribution in [0.25, 0.3) is 0 Å². The number of ether oxygens (including phenoxy) is 1. The molecule has 2 atom stereocenters. The van der Waals surface area contributed by atoms with Crippen LogP contribution in [0.1, 0.15) is 13.8 Å². The Morgan fingerprint density at radius 1 is 1.56 bits per heavy atom. The number of hydrogen-bond acceptors (Lipinski definition) is 2. The fourth-order valence-electron chi connectivity index (χ4n) is 0.371. The molecule has 0 saturated carbocycles. The van der Waals surface area contributed by atoms with Gasteiger partial charge in [0.15, 0.2) is 0 Å². The van der Waals surface area contributed by atoms with Crippen LogP contribution in [0.3, 0.4) is 0 Å². The summed E-state index contributed by atoms with van der Waals surface area (Å²) in [5, 5.41) is 8.34. The van der Waals surface area contributed by atoms with E-state index in [1.54, 1.807) is 0 Å². The molecule has 0 bridgehead atoms. The third-order valence-electron chi connectivity index (χ3n) is 1.12. The smallest absolute Gasteiger partial charge is 0.0708 e. The summed E-state index contributed by atoms with van der Waals surface area (Å²) in [4.78, 5) is 0. The van der Waals surface area contributed by atoms with Crippen LogP contribution in [0, 0.1) is 0 Å². The molecule has 0 saturated heterocycles. The van der Waals surface area contributed by atoms with Crippen LogP contribution in [0.4, 0.5) is 0 Å². The molecule has 3 heteroatoms. The van der Waals surface area contributed by atoms with E-state index in [1.807, 2.05) is 13.8 Å². The fraction of sp³-hybridized carbons (Fsp3) is 1.00. The van der Waals surface area contributed by atoms with Gasteiger partial charge in [-0.3, -0.25) is 0 Å². The van der Waals surface area contributed by atoms with Crippen LogP contribution < -0.4 is 0 Å². The van der Waals surface area contributed by atoms with E-state index in [2.05, 4.69) is 0 Å². The van der Waals surface area contributed by atoms with E-state index < -0.39 is 0 Å². The van der Waals surface area contributed by atoms with Crippen LogP contribution in [-0.2, 0) is 4.74 Å². The minimum absolute atomic E-state index is 0.0107. The Bertz CT molecular complexity index is 66.1. The average molecular weight is 153 g/mol. The normalized spacial score (nSPS) is 17.3. The van der Waals surface area contributed by atoms with Gasteiger partial charge in [-0.25, -0.2) is 0 Å². The molecule has 0 fully saturated rings. The van der Waals surface area contributed by atoms with Crippen LogP contribution >= 0.6 is 11.6 Å². The van der Waals surface area contributed by atoms with Gasteiger partial charge in [-0.05, 0) is 13.8 Å². The van der Waals surface area contributed by atoms with Crippen molar-refractivity contribution >= 4 is 11.6 Å². The summed E-state index contributed by atoms with van der Waals surface area (Å²) in [7, 11) is 0. The summed E-state index contributed by atoms with van der Waals surface area (Å²) in [5.74, 6) is 0. The Morgan fingerprint density at radius 3 is 2.44 bits per heavy atom. The van der Waals surface area contributed by atoms with Gasteiger partial charge in [-0.2, -0.15) is 0 Å². The summed E-state index contributed by atoms with van der Waals surface area (Å²) in [6.07, 6.45) is 0.0267. The zero-order chi connectivity index (χ0) is 7.28. The number of hydrogen-bond donors (Lipinski definition) is 1. The van der Waals surface area contributed by atoms with Gasteiger partial charge in [-0.1, -0.05) is 0 Å². The molecule has 0 aliphatic rings. The molecular formula is C6H13ClO2. The monoisotopic (exact) mass is 152 g/mol. The largest absolute Gasteiger partial charge is 0.394 e. The van der Waals surface area contributed by atoms with Crippen molar-refractivity contribution in [1.82, 2.24) is 0 Å². The molecular weight excluding hydrogens is 140 g/mol. The quantitative estimate of drug-likeness (QED) is 0.610. The van der Waals surface area contributed by atoms with Crippen molar-refractivity contribution in [2.75, 3.05) is 13.2 Å². The lowest BCUT2D eigenvalue weighted by Crippen LogP contribution is -2.19. The lowest BCUT2D eigenvalue weighted by Gasteiger charge is -2.13. The Balaban J connectivity index is 3.16. The van der Waals surface area contributed by atoms with Gasteiger partial charge in [-0.15, -0.1) is 11.6 Å². The van der Waals surface area contributed by atoms with E-state index in [-0.39, 0.29) is 18.1 Å². The highest BCUT2D eigenvalue weighted by atomic mass is 35.5. The molecule has 0 spiro atoms. The zero-order valence-electron chi connectivity index (χ0n) is 5.80. The van der Waals surface area contributed by atoms with Gasteiger partial charge in [0.05, 0.1) is 24.7 Å². The SMILES string of the molecule is CC(Cl)C(C)OCCO. The van der Waals surface area contributed by atoms with Gasteiger partial charge in [0, 0.05) is 0 Å². The van der Waals surface area contributed by atoms with Gasteiger partial charge in [0.2, 0.25) is 0 Å². The van der Waals surface area contributed by atoms with Crippen LogP contribution in [0.2, 0.25) is 0 Å². The minimum atomic E-state index is 0.0107. The molecule has 1 N–H and O–H groups in total. The fourth-order valence-corrected chi connectivity index (χ4v) is 0.444. The maximum absolute atomic E-state index is 8.33. The molecule has 2 unspecified atom stereocenters. The average Bonchev–Trinajstić information content (AvgIpc) is 1.82. The Kier molecular flexibility index (Phi) is 5.15.